The first-order chi connectivity index (χ1) is 23.2. The molecule has 4 aliphatic carbocycles. The van der Waals surface area contributed by atoms with E-state index in [9.17, 15) is 35.4 Å². The van der Waals surface area contributed by atoms with Crippen molar-refractivity contribution in [1.82, 2.24) is 0 Å². The van der Waals surface area contributed by atoms with Crippen LogP contribution in [0.15, 0.2) is 11.6 Å². The van der Waals surface area contributed by atoms with Crippen LogP contribution in [-0.4, -0.2) is 130 Å². The van der Waals surface area contributed by atoms with Gasteiger partial charge in [-0.05, 0) is 87.0 Å². The van der Waals surface area contributed by atoms with Crippen LogP contribution < -0.4 is 0 Å². The van der Waals surface area contributed by atoms with Crippen LogP contribution in [0.2, 0.25) is 0 Å². The lowest BCUT2D eigenvalue weighted by Gasteiger charge is -2.66. The van der Waals surface area contributed by atoms with Gasteiger partial charge >= 0.3 is 5.97 Å². The van der Waals surface area contributed by atoms with Gasteiger partial charge in [0.05, 0.1) is 36.1 Å². The SMILES string of the molecule is CO[C@@H]1C[C@@H](O[C@H]2CC[C@]3(C)[C@H]4CC[C@]5(C)[C@H](C6=CC(=O)OC6)CC[C@]5(O)[C@@H]4CC[C@]3(O)C2)O[C@H](C)[C@H]1O[C@H]1O[C@@H](CO)[C@H](O)[C@@H](O)[C@@H]1O. The van der Waals surface area contributed by atoms with Crippen LogP contribution in [0, 0.1) is 28.6 Å². The van der Waals surface area contributed by atoms with Crippen LogP contribution in [-0.2, 0) is 33.2 Å². The zero-order chi connectivity index (χ0) is 35.1. The van der Waals surface area contributed by atoms with Crippen molar-refractivity contribution in [2.75, 3.05) is 20.3 Å². The molecule has 13 heteroatoms. The Hall–Kier alpha value is -1.23. The Bertz CT molecular complexity index is 1280. The Kier molecular flexibility index (Phi) is 9.60. The molecule has 0 aromatic carbocycles. The predicted molar refractivity (Wildman–Crippen MR) is 170 cm³/mol. The third-order valence-electron chi connectivity index (χ3n) is 14.5. The molecule has 4 saturated carbocycles. The highest BCUT2D eigenvalue weighted by atomic mass is 16.7. The number of hydrogen-bond acceptors (Lipinski definition) is 13. The smallest absolute Gasteiger partial charge is 0.331 e. The number of fused-ring (bicyclic) bond motifs is 5. The maximum atomic E-state index is 12.5. The summed E-state index contributed by atoms with van der Waals surface area (Å²) in [5, 5.41) is 65.4. The van der Waals surface area contributed by atoms with Gasteiger partial charge in [0.15, 0.2) is 12.6 Å². The number of carbonyl (C=O) groups is 1. The summed E-state index contributed by atoms with van der Waals surface area (Å²) in [4.78, 5) is 11.9. The van der Waals surface area contributed by atoms with Gasteiger partial charge in [0.25, 0.3) is 0 Å². The maximum absolute atomic E-state index is 12.5. The summed E-state index contributed by atoms with van der Waals surface area (Å²) >= 11 is 0. The molecule has 0 aromatic rings. The van der Waals surface area contributed by atoms with E-state index in [1.807, 2.05) is 0 Å². The van der Waals surface area contributed by atoms with E-state index in [1.165, 1.54) is 0 Å². The van der Waals surface area contributed by atoms with Crippen molar-refractivity contribution in [3.8, 4) is 0 Å². The predicted octanol–water partition coefficient (Wildman–Crippen LogP) is 1.08. The van der Waals surface area contributed by atoms with Gasteiger partial charge in [-0.1, -0.05) is 13.8 Å². The van der Waals surface area contributed by atoms with Crippen molar-refractivity contribution < 1.29 is 63.9 Å². The molecule has 3 heterocycles. The average Bonchev–Trinajstić information content (AvgIpc) is 3.61. The third-order valence-corrected chi connectivity index (χ3v) is 14.5. The number of rotatable bonds is 7. The largest absolute Gasteiger partial charge is 0.458 e. The van der Waals surface area contributed by atoms with Crippen molar-refractivity contribution in [1.29, 1.82) is 0 Å². The van der Waals surface area contributed by atoms with Gasteiger partial charge in [-0.2, -0.15) is 0 Å². The molecule has 6 N–H and O–H groups in total. The minimum absolute atomic E-state index is 0.0724. The molecule has 49 heavy (non-hydrogen) atoms. The fourth-order valence-electron chi connectivity index (χ4n) is 11.5. The second-order valence-electron chi connectivity index (χ2n) is 16.6. The Morgan fingerprint density at radius 1 is 0.898 bits per heavy atom. The molecule has 0 aromatic heterocycles. The fraction of sp³-hybridized carbons (Fsp3) is 0.917. The molecule has 0 radical (unpaired) electrons. The highest BCUT2D eigenvalue weighted by molar-refractivity contribution is 5.85. The first kappa shape index (κ1) is 36.1. The van der Waals surface area contributed by atoms with E-state index >= 15 is 0 Å². The normalized spacial score (nSPS) is 54.4. The van der Waals surface area contributed by atoms with Gasteiger partial charge in [0, 0.05) is 31.4 Å². The number of carbonyl (C=O) groups excluding carboxylic acids is 1. The van der Waals surface area contributed by atoms with Crippen LogP contribution in [0.4, 0.5) is 0 Å². The van der Waals surface area contributed by atoms with Gasteiger partial charge in [-0.3, -0.25) is 0 Å². The summed E-state index contributed by atoms with van der Waals surface area (Å²) in [5.41, 5.74) is -1.52. The molecule has 6 fully saturated rings. The number of methoxy groups -OCH3 is 1. The third kappa shape index (κ3) is 5.65. The summed E-state index contributed by atoms with van der Waals surface area (Å²) in [5.74, 6) is 0.0783. The molecule has 13 nitrogen and oxygen atoms in total. The van der Waals surface area contributed by atoms with Crippen molar-refractivity contribution in [2.24, 2.45) is 28.6 Å². The molecular weight excluding hydrogens is 640 g/mol. The topological polar surface area (TPSA) is 194 Å². The molecule has 7 aliphatic rings. The lowest BCUT2D eigenvalue weighted by atomic mass is 9.42. The Morgan fingerprint density at radius 3 is 2.33 bits per heavy atom. The van der Waals surface area contributed by atoms with E-state index in [0.29, 0.717) is 32.3 Å². The van der Waals surface area contributed by atoms with Crippen LogP contribution in [0.5, 0.6) is 0 Å². The molecule has 17 atom stereocenters. The van der Waals surface area contributed by atoms with Crippen LogP contribution in [0.25, 0.3) is 0 Å². The summed E-state index contributed by atoms with van der Waals surface area (Å²) < 4.78 is 35.4. The lowest BCUT2D eigenvalue weighted by Crippen LogP contribution is -2.67. The Morgan fingerprint density at radius 2 is 1.63 bits per heavy atom. The summed E-state index contributed by atoms with van der Waals surface area (Å²) in [6.07, 6.45) is -1.10. The first-order valence-corrected chi connectivity index (χ1v) is 18.3. The Balaban J connectivity index is 0.994. The average molecular weight is 697 g/mol. The van der Waals surface area contributed by atoms with E-state index in [4.69, 9.17) is 28.4 Å². The molecular formula is C36H56O13. The lowest BCUT2D eigenvalue weighted by molar-refractivity contribution is -0.347. The Labute approximate surface area is 287 Å². The number of aliphatic hydroxyl groups excluding tert-OH is 4. The summed E-state index contributed by atoms with van der Waals surface area (Å²) in [6.45, 7) is 5.98. The van der Waals surface area contributed by atoms with Crippen LogP contribution >= 0.6 is 0 Å². The van der Waals surface area contributed by atoms with Crippen LogP contribution in [0.3, 0.4) is 0 Å². The van der Waals surface area contributed by atoms with E-state index in [0.717, 1.165) is 44.1 Å². The minimum Gasteiger partial charge on any atom is -0.458 e. The van der Waals surface area contributed by atoms with Gasteiger partial charge in [0.1, 0.15) is 37.1 Å². The molecule has 3 aliphatic heterocycles. The van der Waals surface area contributed by atoms with Crippen molar-refractivity contribution in [2.45, 2.75) is 158 Å². The molecule has 0 amide bonds. The first-order valence-electron chi connectivity index (χ1n) is 18.3. The molecule has 7 rings (SSSR count). The minimum atomic E-state index is -1.56. The number of hydrogen-bond donors (Lipinski definition) is 6. The monoisotopic (exact) mass is 696 g/mol. The van der Waals surface area contributed by atoms with Gasteiger partial charge in [-0.25, -0.2) is 4.79 Å². The number of aliphatic hydroxyl groups is 6. The van der Waals surface area contributed by atoms with Gasteiger partial charge in [0.2, 0.25) is 0 Å². The second-order valence-corrected chi connectivity index (χ2v) is 16.6. The molecule has 0 unspecified atom stereocenters. The molecule has 278 valence electrons. The standard InChI is InChI=1S/C36H56O13/c1-18-31(49-32-30(41)29(40)28(39)25(16-37)48-32)24(44-4)14-27(46-18)47-20-5-9-33(2)22-6-10-34(3)21(19-13-26(38)45-17-19)8-12-36(34,43)23(22)7-11-35(33,42)15-20/h13,18,20-25,27-32,37,39-43H,5-12,14-17H2,1-4H3/t18-,20+,21+,22+,23-,24-,25+,27-,28+,29-,30+,31-,32-,33-,34-,35+,36+/m1/s1. The zero-order valence-corrected chi connectivity index (χ0v) is 29.1. The highest BCUT2D eigenvalue weighted by Gasteiger charge is 2.70. The highest BCUT2D eigenvalue weighted by Crippen LogP contribution is 2.70. The van der Waals surface area contributed by atoms with Gasteiger partial charge < -0.3 is 59.1 Å². The van der Waals surface area contributed by atoms with E-state index in [1.54, 1.807) is 20.1 Å². The van der Waals surface area contributed by atoms with Crippen molar-refractivity contribution in [3.05, 3.63) is 11.6 Å². The number of ether oxygens (including phenoxy) is 6. The summed E-state index contributed by atoms with van der Waals surface area (Å²) in [6, 6.07) is 0. The number of esters is 1. The van der Waals surface area contributed by atoms with Crippen LogP contribution in [0.1, 0.15) is 85.0 Å². The second kappa shape index (κ2) is 13.0. The zero-order valence-electron chi connectivity index (χ0n) is 29.1. The van der Waals surface area contributed by atoms with E-state index in [2.05, 4.69) is 13.8 Å². The fourth-order valence-corrected chi connectivity index (χ4v) is 11.5. The van der Waals surface area contributed by atoms with E-state index < -0.39 is 73.1 Å². The van der Waals surface area contributed by atoms with Gasteiger partial charge in [-0.15, -0.1) is 0 Å². The molecule has 0 spiro atoms. The van der Waals surface area contributed by atoms with Crippen molar-refractivity contribution in [3.63, 3.8) is 0 Å². The summed E-state index contributed by atoms with van der Waals surface area (Å²) in [7, 11) is 1.55. The van der Waals surface area contributed by atoms with E-state index in [-0.39, 0.29) is 40.7 Å². The van der Waals surface area contributed by atoms with Crippen molar-refractivity contribution >= 4 is 5.97 Å². The number of cyclic esters (lactones) is 1. The quantitative estimate of drug-likeness (QED) is 0.164. The maximum Gasteiger partial charge on any atom is 0.331 e. The molecule has 2 saturated heterocycles. The molecule has 0 bridgehead atoms.